The number of ether oxygens (including phenoxy) is 2. The molecule has 2 fully saturated rings. The predicted octanol–water partition coefficient (Wildman–Crippen LogP) is 1.11. The van der Waals surface area contributed by atoms with Crippen LogP contribution in [0, 0.1) is 0 Å². The van der Waals surface area contributed by atoms with Gasteiger partial charge in [-0.3, -0.25) is 9.59 Å². The van der Waals surface area contributed by atoms with Gasteiger partial charge in [0.1, 0.15) is 5.75 Å². The van der Waals surface area contributed by atoms with Crippen LogP contribution in [0.3, 0.4) is 0 Å². The quantitative estimate of drug-likeness (QED) is 0.780. The van der Waals surface area contributed by atoms with E-state index in [2.05, 4.69) is 0 Å². The smallest absolute Gasteiger partial charge is 0.260 e. The van der Waals surface area contributed by atoms with Crippen molar-refractivity contribution in [2.75, 3.05) is 32.8 Å². The van der Waals surface area contributed by atoms with Gasteiger partial charge in [0.25, 0.3) is 11.8 Å². The Morgan fingerprint density at radius 1 is 1.18 bits per heavy atom. The number of carbonyl (C=O) groups excluding carboxylic acids is 2. The lowest BCUT2D eigenvalue weighted by molar-refractivity contribution is 0.0277. The van der Waals surface area contributed by atoms with Gasteiger partial charge in [0, 0.05) is 31.6 Å². The van der Waals surface area contributed by atoms with Crippen molar-refractivity contribution in [2.45, 2.75) is 19.1 Å². The van der Waals surface area contributed by atoms with Crippen molar-refractivity contribution in [1.82, 2.24) is 9.80 Å². The van der Waals surface area contributed by atoms with Crippen LogP contribution in [0.15, 0.2) is 18.2 Å². The molecule has 0 aliphatic carbocycles. The Kier molecular flexibility index (Phi) is 3.26. The van der Waals surface area contributed by atoms with Gasteiger partial charge in [-0.1, -0.05) is 0 Å². The van der Waals surface area contributed by atoms with Crippen LogP contribution in [0.5, 0.6) is 5.75 Å². The van der Waals surface area contributed by atoms with Gasteiger partial charge in [-0.05, 0) is 24.6 Å². The highest BCUT2D eigenvalue weighted by atomic mass is 16.5. The second-order valence-corrected chi connectivity index (χ2v) is 5.83. The van der Waals surface area contributed by atoms with Crippen LogP contribution in [0.4, 0.5) is 0 Å². The van der Waals surface area contributed by atoms with E-state index in [4.69, 9.17) is 9.47 Å². The normalized spacial score (nSPS) is 23.8. The molecule has 1 unspecified atom stereocenters. The molecule has 3 aliphatic heterocycles. The number of nitrogens with zero attached hydrogens (tertiary/aromatic N) is 2. The number of carbonyl (C=O) groups is 2. The molecule has 3 heterocycles. The summed E-state index contributed by atoms with van der Waals surface area (Å²) in [4.78, 5) is 28.5. The van der Waals surface area contributed by atoms with Crippen LogP contribution in [0.25, 0.3) is 0 Å². The summed E-state index contributed by atoms with van der Waals surface area (Å²) >= 11 is 0. The molecule has 2 saturated heterocycles. The van der Waals surface area contributed by atoms with Gasteiger partial charge in [-0.15, -0.1) is 0 Å². The van der Waals surface area contributed by atoms with E-state index in [1.165, 1.54) is 0 Å². The zero-order valence-electron chi connectivity index (χ0n) is 12.3. The highest BCUT2D eigenvalue weighted by molar-refractivity contribution is 6.01. The summed E-state index contributed by atoms with van der Waals surface area (Å²) in [6.45, 7) is 3.10. The third kappa shape index (κ3) is 2.14. The molecule has 0 radical (unpaired) electrons. The molecule has 0 N–H and O–H groups in total. The Hall–Kier alpha value is -2.08. The summed E-state index contributed by atoms with van der Waals surface area (Å²) in [5.74, 6) is 0.511. The Morgan fingerprint density at radius 2 is 2.00 bits per heavy atom. The van der Waals surface area contributed by atoms with E-state index in [0.717, 1.165) is 19.4 Å². The summed E-state index contributed by atoms with van der Waals surface area (Å²) in [5, 5.41) is 0. The highest BCUT2D eigenvalue weighted by Gasteiger charge is 2.37. The number of morpholine rings is 1. The Morgan fingerprint density at radius 3 is 2.82 bits per heavy atom. The highest BCUT2D eigenvalue weighted by Crippen LogP contribution is 2.33. The molecule has 116 valence electrons. The van der Waals surface area contributed by atoms with E-state index in [1.54, 1.807) is 28.0 Å². The zero-order valence-corrected chi connectivity index (χ0v) is 12.3. The molecule has 1 aromatic rings. The maximum absolute atomic E-state index is 12.5. The fraction of sp³-hybridized carbons (Fsp3) is 0.500. The lowest BCUT2D eigenvalue weighted by atomic mass is 10.1. The standard InChI is InChI=1S/C16H18N2O4/c19-15(17-6-8-21-9-7-17)11-3-4-12-13(10-11)22-14-2-1-5-18(14)16(12)20/h3-4,10,14H,1-2,5-9H2. The largest absolute Gasteiger partial charge is 0.470 e. The molecular weight excluding hydrogens is 284 g/mol. The molecule has 4 rings (SSSR count). The van der Waals surface area contributed by atoms with Gasteiger partial charge in [0.05, 0.1) is 18.8 Å². The van der Waals surface area contributed by atoms with Crippen LogP contribution >= 0.6 is 0 Å². The maximum atomic E-state index is 12.5. The fourth-order valence-corrected chi connectivity index (χ4v) is 3.27. The first-order valence-electron chi connectivity index (χ1n) is 7.73. The molecule has 2 amide bonds. The number of benzene rings is 1. The lowest BCUT2D eigenvalue weighted by Gasteiger charge is -2.32. The molecule has 6 nitrogen and oxygen atoms in total. The Balaban J connectivity index is 1.61. The zero-order chi connectivity index (χ0) is 15.1. The summed E-state index contributed by atoms with van der Waals surface area (Å²) in [5.41, 5.74) is 1.12. The van der Waals surface area contributed by atoms with Gasteiger partial charge in [-0.2, -0.15) is 0 Å². The minimum atomic E-state index is -0.172. The summed E-state index contributed by atoms with van der Waals surface area (Å²) in [6.07, 6.45) is 1.64. The molecule has 0 saturated carbocycles. The van der Waals surface area contributed by atoms with Crippen molar-refractivity contribution < 1.29 is 19.1 Å². The van der Waals surface area contributed by atoms with Gasteiger partial charge >= 0.3 is 0 Å². The molecule has 1 aromatic carbocycles. The minimum absolute atomic E-state index is 0.00845. The molecule has 1 atom stereocenters. The summed E-state index contributed by atoms with van der Waals surface area (Å²) in [7, 11) is 0. The van der Waals surface area contributed by atoms with Gasteiger partial charge < -0.3 is 19.3 Å². The first-order valence-corrected chi connectivity index (χ1v) is 7.73. The third-order valence-corrected chi connectivity index (χ3v) is 4.48. The number of hydrogen-bond acceptors (Lipinski definition) is 4. The Bertz CT molecular complexity index is 625. The van der Waals surface area contributed by atoms with Gasteiger partial charge in [-0.25, -0.2) is 0 Å². The first kappa shape index (κ1) is 13.6. The molecule has 0 bridgehead atoms. The van der Waals surface area contributed by atoms with Crippen LogP contribution in [-0.4, -0.2) is 60.7 Å². The van der Waals surface area contributed by atoms with Crippen LogP contribution in [-0.2, 0) is 4.74 Å². The van der Waals surface area contributed by atoms with Crippen LogP contribution < -0.4 is 4.74 Å². The lowest BCUT2D eigenvalue weighted by Crippen LogP contribution is -2.43. The van der Waals surface area contributed by atoms with Crippen LogP contribution in [0.2, 0.25) is 0 Å². The van der Waals surface area contributed by atoms with Crippen molar-refractivity contribution in [3.63, 3.8) is 0 Å². The van der Waals surface area contributed by atoms with E-state index in [9.17, 15) is 9.59 Å². The predicted molar refractivity (Wildman–Crippen MR) is 77.9 cm³/mol. The maximum Gasteiger partial charge on any atom is 0.260 e. The van der Waals surface area contributed by atoms with Crippen molar-refractivity contribution in [3.05, 3.63) is 29.3 Å². The van der Waals surface area contributed by atoms with E-state index in [1.807, 2.05) is 0 Å². The van der Waals surface area contributed by atoms with Crippen molar-refractivity contribution in [3.8, 4) is 5.75 Å². The number of fused-ring (bicyclic) bond motifs is 2. The fourth-order valence-electron chi connectivity index (χ4n) is 3.27. The second kappa shape index (κ2) is 5.28. The van der Waals surface area contributed by atoms with Crippen LogP contribution in [0.1, 0.15) is 33.6 Å². The van der Waals surface area contributed by atoms with Gasteiger partial charge in [0.15, 0.2) is 6.23 Å². The number of hydrogen-bond donors (Lipinski definition) is 0. The molecule has 0 spiro atoms. The monoisotopic (exact) mass is 302 g/mol. The number of rotatable bonds is 1. The SMILES string of the molecule is O=C(c1ccc2c(c1)OC1CCCN1C2=O)N1CCOCC1. The second-order valence-electron chi connectivity index (χ2n) is 5.83. The van der Waals surface area contributed by atoms with E-state index >= 15 is 0 Å². The third-order valence-electron chi connectivity index (χ3n) is 4.48. The van der Waals surface area contributed by atoms with E-state index in [-0.39, 0.29) is 18.0 Å². The first-order chi connectivity index (χ1) is 10.7. The van der Waals surface area contributed by atoms with Gasteiger partial charge in [0.2, 0.25) is 0 Å². The minimum Gasteiger partial charge on any atom is -0.470 e. The average Bonchev–Trinajstić information content (AvgIpc) is 3.03. The number of amides is 2. The summed E-state index contributed by atoms with van der Waals surface area (Å²) in [6, 6.07) is 5.13. The topological polar surface area (TPSA) is 59.1 Å². The Labute approximate surface area is 128 Å². The van der Waals surface area contributed by atoms with E-state index in [0.29, 0.717) is 43.2 Å². The molecule has 0 aromatic heterocycles. The molecular formula is C16H18N2O4. The molecule has 22 heavy (non-hydrogen) atoms. The molecule has 3 aliphatic rings. The average molecular weight is 302 g/mol. The summed E-state index contributed by atoms with van der Waals surface area (Å²) < 4.78 is 11.2. The van der Waals surface area contributed by atoms with Crippen molar-refractivity contribution in [1.29, 1.82) is 0 Å². The van der Waals surface area contributed by atoms with Crippen molar-refractivity contribution >= 4 is 11.8 Å². The van der Waals surface area contributed by atoms with E-state index < -0.39 is 0 Å². The van der Waals surface area contributed by atoms with Crippen molar-refractivity contribution in [2.24, 2.45) is 0 Å². The molecule has 6 heteroatoms.